The van der Waals surface area contributed by atoms with Crippen molar-refractivity contribution in [1.29, 1.82) is 5.26 Å². The molecule has 3 nitrogen and oxygen atoms in total. The smallest absolute Gasteiger partial charge is 0.183 e. The van der Waals surface area contributed by atoms with Crippen molar-refractivity contribution in [3.8, 4) is 17.6 Å². The zero-order chi connectivity index (χ0) is 11.4. The largest absolute Gasteiger partial charge is 0.454 e. The first-order valence-electron chi connectivity index (χ1n) is 4.58. The molecule has 2 aromatic rings. The molecule has 0 saturated carbocycles. The van der Waals surface area contributed by atoms with Gasteiger partial charge in [0.25, 0.3) is 0 Å². The number of ether oxygens (including phenoxy) is 1. The summed E-state index contributed by atoms with van der Waals surface area (Å²) in [5, 5.41) is 9.42. The molecule has 0 radical (unpaired) electrons. The van der Waals surface area contributed by atoms with Gasteiger partial charge >= 0.3 is 0 Å². The third kappa shape index (κ3) is 2.30. The summed E-state index contributed by atoms with van der Waals surface area (Å²) in [4.78, 5) is 3.90. The van der Waals surface area contributed by atoms with Crippen LogP contribution in [0.2, 0.25) is 5.02 Å². The summed E-state index contributed by atoms with van der Waals surface area (Å²) >= 11 is 5.82. The van der Waals surface area contributed by atoms with Gasteiger partial charge in [0.05, 0.1) is 0 Å². The molecule has 0 bridgehead atoms. The van der Waals surface area contributed by atoms with Crippen molar-refractivity contribution < 1.29 is 4.74 Å². The average molecular weight is 231 g/mol. The van der Waals surface area contributed by atoms with E-state index in [2.05, 4.69) is 4.98 Å². The molecule has 1 aromatic heterocycles. The van der Waals surface area contributed by atoms with Gasteiger partial charge in [-0.1, -0.05) is 17.7 Å². The standard InChI is InChI=1S/C12H7ClN2O/c13-9-3-1-4-10(7-9)16-12-5-2-6-15-11(12)8-14/h1-7H. The van der Waals surface area contributed by atoms with Gasteiger partial charge in [-0.25, -0.2) is 4.98 Å². The topological polar surface area (TPSA) is 45.9 Å². The van der Waals surface area contributed by atoms with Crippen LogP contribution < -0.4 is 4.74 Å². The van der Waals surface area contributed by atoms with Crippen molar-refractivity contribution in [2.45, 2.75) is 0 Å². The maximum Gasteiger partial charge on any atom is 0.183 e. The second-order valence-electron chi connectivity index (χ2n) is 3.02. The van der Waals surface area contributed by atoms with Gasteiger partial charge in [0.1, 0.15) is 11.8 Å². The molecule has 0 aliphatic heterocycles. The molecule has 16 heavy (non-hydrogen) atoms. The van der Waals surface area contributed by atoms with Gasteiger partial charge in [-0.05, 0) is 30.3 Å². The minimum Gasteiger partial charge on any atom is -0.454 e. The third-order valence-corrected chi connectivity index (χ3v) is 2.14. The SMILES string of the molecule is N#Cc1ncccc1Oc1cccc(Cl)c1. The fourth-order valence-electron chi connectivity index (χ4n) is 1.21. The molecular weight excluding hydrogens is 224 g/mol. The second kappa shape index (κ2) is 4.65. The van der Waals surface area contributed by atoms with Crippen LogP contribution in [0, 0.1) is 11.3 Å². The highest BCUT2D eigenvalue weighted by molar-refractivity contribution is 6.30. The van der Waals surface area contributed by atoms with E-state index >= 15 is 0 Å². The van der Waals surface area contributed by atoms with Crippen LogP contribution in [-0.4, -0.2) is 4.98 Å². The van der Waals surface area contributed by atoms with Gasteiger partial charge < -0.3 is 4.74 Å². The lowest BCUT2D eigenvalue weighted by atomic mass is 10.3. The van der Waals surface area contributed by atoms with E-state index in [4.69, 9.17) is 21.6 Å². The van der Waals surface area contributed by atoms with Crippen molar-refractivity contribution in [3.63, 3.8) is 0 Å². The molecular formula is C12H7ClN2O. The molecule has 0 N–H and O–H groups in total. The van der Waals surface area contributed by atoms with E-state index in [-0.39, 0.29) is 5.69 Å². The molecule has 0 spiro atoms. The van der Waals surface area contributed by atoms with Gasteiger partial charge in [-0.3, -0.25) is 0 Å². The Balaban J connectivity index is 2.31. The molecule has 2 rings (SSSR count). The summed E-state index contributed by atoms with van der Waals surface area (Å²) < 4.78 is 5.51. The van der Waals surface area contributed by atoms with E-state index in [0.29, 0.717) is 16.5 Å². The molecule has 0 saturated heterocycles. The molecule has 0 atom stereocenters. The highest BCUT2D eigenvalue weighted by Gasteiger charge is 2.04. The maximum absolute atomic E-state index is 8.83. The minimum absolute atomic E-state index is 0.252. The first-order valence-corrected chi connectivity index (χ1v) is 4.96. The average Bonchev–Trinajstić information content (AvgIpc) is 2.30. The maximum atomic E-state index is 8.83. The van der Waals surface area contributed by atoms with Crippen LogP contribution in [-0.2, 0) is 0 Å². The molecule has 0 aliphatic rings. The van der Waals surface area contributed by atoms with Crippen LogP contribution in [0.25, 0.3) is 0 Å². The van der Waals surface area contributed by atoms with Crippen LogP contribution in [0.15, 0.2) is 42.6 Å². The zero-order valence-electron chi connectivity index (χ0n) is 8.22. The Bertz CT molecular complexity index is 549. The van der Waals surface area contributed by atoms with Gasteiger partial charge in [0.2, 0.25) is 0 Å². The van der Waals surface area contributed by atoms with Gasteiger partial charge in [-0.2, -0.15) is 5.26 Å². The molecule has 0 aliphatic carbocycles. The van der Waals surface area contributed by atoms with E-state index in [9.17, 15) is 0 Å². The normalized spacial score (nSPS) is 9.50. The van der Waals surface area contributed by atoms with Crippen molar-refractivity contribution in [2.75, 3.05) is 0 Å². The summed E-state index contributed by atoms with van der Waals surface area (Å²) in [5.41, 5.74) is 0.252. The van der Waals surface area contributed by atoms with Crippen molar-refractivity contribution in [3.05, 3.63) is 53.3 Å². The molecule has 78 valence electrons. The Morgan fingerprint density at radius 2 is 2.12 bits per heavy atom. The molecule has 4 heteroatoms. The highest BCUT2D eigenvalue weighted by Crippen LogP contribution is 2.25. The Morgan fingerprint density at radius 3 is 2.88 bits per heavy atom. The Hall–Kier alpha value is -2.05. The predicted molar refractivity (Wildman–Crippen MR) is 60.5 cm³/mol. The first-order chi connectivity index (χ1) is 7.79. The predicted octanol–water partition coefficient (Wildman–Crippen LogP) is 3.40. The fraction of sp³-hybridized carbons (Fsp3) is 0. The second-order valence-corrected chi connectivity index (χ2v) is 3.46. The van der Waals surface area contributed by atoms with Gasteiger partial charge in [0.15, 0.2) is 11.4 Å². The quantitative estimate of drug-likeness (QED) is 0.794. The van der Waals surface area contributed by atoms with Gasteiger partial charge in [0, 0.05) is 11.2 Å². The number of rotatable bonds is 2. The monoisotopic (exact) mass is 230 g/mol. The van der Waals surface area contributed by atoms with Crippen LogP contribution >= 0.6 is 11.6 Å². The third-order valence-electron chi connectivity index (χ3n) is 1.90. The van der Waals surface area contributed by atoms with E-state index in [1.807, 2.05) is 6.07 Å². The van der Waals surface area contributed by atoms with E-state index in [1.54, 1.807) is 42.6 Å². The molecule has 1 heterocycles. The Kier molecular flexibility index (Phi) is 3.04. The number of benzene rings is 1. The van der Waals surface area contributed by atoms with Crippen LogP contribution in [0.3, 0.4) is 0 Å². The lowest BCUT2D eigenvalue weighted by Crippen LogP contribution is -1.90. The number of hydrogen-bond donors (Lipinski definition) is 0. The van der Waals surface area contributed by atoms with Crippen molar-refractivity contribution in [1.82, 2.24) is 4.98 Å². The first kappa shape index (κ1) is 10.5. The molecule has 1 aromatic carbocycles. The summed E-state index contributed by atoms with van der Waals surface area (Å²) in [7, 11) is 0. The van der Waals surface area contributed by atoms with Crippen molar-refractivity contribution >= 4 is 11.6 Å². The number of nitriles is 1. The minimum atomic E-state index is 0.252. The van der Waals surface area contributed by atoms with E-state index in [0.717, 1.165) is 0 Å². The Labute approximate surface area is 97.9 Å². The number of hydrogen-bond acceptors (Lipinski definition) is 3. The van der Waals surface area contributed by atoms with Crippen LogP contribution in [0.1, 0.15) is 5.69 Å². The lowest BCUT2D eigenvalue weighted by Gasteiger charge is -2.06. The number of pyridine rings is 1. The van der Waals surface area contributed by atoms with E-state index < -0.39 is 0 Å². The van der Waals surface area contributed by atoms with Gasteiger partial charge in [-0.15, -0.1) is 0 Å². The number of nitrogens with zero attached hydrogens (tertiary/aromatic N) is 2. The lowest BCUT2D eigenvalue weighted by molar-refractivity contribution is 0.478. The molecule has 0 amide bonds. The summed E-state index contributed by atoms with van der Waals surface area (Å²) in [5.74, 6) is 1.00. The molecule has 0 unspecified atom stereocenters. The fourth-order valence-corrected chi connectivity index (χ4v) is 1.39. The molecule has 0 fully saturated rings. The summed E-state index contributed by atoms with van der Waals surface area (Å²) in [6, 6.07) is 12.3. The van der Waals surface area contributed by atoms with E-state index in [1.165, 1.54) is 0 Å². The number of aromatic nitrogens is 1. The highest BCUT2D eigenvalue weighted by atomic mass is 35.5. The summed E-state index contributed by atoms with van der Waals surface area (Å²) in [6.07, 6.45) is 1.55. The number of halogens is 1. The van der Waals surface area contributed by atoms with Crippen molar-refractivity contribution in [2.24, 2.45) is 0 Å². The van der Waals surface area contributed by atoms with Crippen LogP contribution in [0.5, 0.6) is 11.5 Å². The summed E-state index contributed by atoms with van der Waals surface area (Å²) in [6.45, 7) is 0. The Morgan fingerprint density at radius 1 is 1.25 bits per heavy atom. The van der Waals surface area contributed by atoms with Crippen LogP contribution in [0.4, 0.5) is 0 Å². The zero-order valence-corrected chi connectivity index (χ0v) is 8.98.